The van der Waals surface area contributed by atoms with Gasteiger partial charge in [0.2, 0.25) is 0 Å². The second kappa shape index (κ2) is 7.20. The number of likely N-dealkylation sites (tertiary alicyclic amines) is 1. The van der Waals surface area contributed by atoms with Gasteiger partial charge in [-0.2, -0.15) is 0 Å². The summed E-state index contributed by atoms with van der Waals surface area (Å²) in [5.41, 5.74) is 0. The van der Waals surface area contributed by atoms with Crippen LogP contribution in [0.15, 0.2) is 0 Å². The largest absolute Gasteiger partial charge is 0.396 e. The topological polar surface area (TPSA) is 35.5 Å². The van der Waals surface area contributed by atoms with E-state index in [4.69, 9.17) is 5.11 Å². The fraction of sp³-hybridized carbons (Fsp3) is 1.00. The van der Waals surface area contributed by atoms with Crippen LogP contribution >= 0.6 is 0 Å². The zero-order valence-corrected chi connectivity index (χ0v) is 10.2. The molecule has 0 spiro atoms. The van der Waals surface area contributed by atoms with E-state index in [1.165, 1.54) is 25.9 Å². The van der Waals surface area contributed by atoms with Gasteiger partial charge in [0.15, 0.2) is 0 Å². The summed E-state index contributed by atoms with van der Waals surface area (Å²) >= 11 is 0. The molecule has 1 aliphatic heterocycles. The number of rotatable bonds is 7. The number of aliphatic hydroxyl groups is 1. The molecule has 1 heterocycles. The van der Waals surface area contributed by atoms with Gasteiger partial charge in [-0.3, -0.25) is 0 Å². The summed E-state index contributed by atoms with van der Waals surface area (Å²) in [5, 5.41) is 12.5. The van der Waals surface area contributed by atoms with Gasteiger partial charge in [-0.15, -0.1) is 0 Å². The Morgan fingerprint density at radius 2 is 2.33 bits per heavy atom. The lowest BCUT2D eigenvalue weighted by atomic mass is 10.1. The minimum atomic E-state index is 0.360. The zero-order valence-electron chi connectivity index (χ0n) is 10.2. The summed E-state index contributed by atoms with van der Waals surface area (Å²) in [6, 6.07) is 0. The Bertz CT molecular complexity index is 164. The van der Waals surface area contributed by atoms with Crippen LogP contribution in [0.3, 0.4) is 0 Å². The molecular formula is C12H26N2O. The van der Waals surface area contributed by atoms with Crippen molar-refractivity contribution in [3.05, 3.63) is 0 Å². The summed E-state index contributed by atoms with van der Waals surface area (Å²) in [4.78, 5) is 2.49. The Balaban J connectivity index is 2.07. The lowest BCUT2D eigenvalue weighted by Crippen LogP contribution is -2.32. The highest BCUT2D eigenvalue weighted by Gasteiger charge is 2.22. The highest BCUT2D eigenvalue weighted by Crippen LogP contribution is 2.16. The second-order valence-electron chi connectivity index (χ2n) is 4.91. The summed E-state index contributed by atoms with van der Waals surface area (Å²) in [5.74, 6) is 1.25. The second-order valence-corrected chi connectivity index (χ2v) is 4.91. The molecule has 1 aliphatic rings. The van der Waals surface area contributed by atoms with Gasteiger partial charge in [0.25, 0.3) is 0 Å². The highest BCUT2D eigenvalue weighted by atomic mass is 16.3. The van der Waals surface area contributed by atoms with E-state index in [2.05, 4.69) is 24.1 Å². The van der Waals surface area contributed by atoms with Crippen molar-refractivity contribution >= 4 is 0 Å². The van der Waals surface area contributed by atoms with Crippen molar-refractivity contribution in [3.63, 3.8) is 0 Å². The first-order chi connectivity index (χ1) is 7.26. The Kier molecular flexibility index (Phi) is 6.22. The van der Waals surface area contributed by atoms with Crippen LogP contribution < -0.4 is 5.32 Å². The van der Waals surface area contributed by atoms with Gasteiger partial charge in [0.05, 0.1) is 0 Å². The lowest BCUT2D eigenvalue weighted by Gasteiger charge is -2.21. The fourth-order valence-electron chi connectivity index (χ4n) is 2.26. The number of hydrogen-bond acceptors (Lipinski definition) is 3. The van der Waals surface area contributed by atoms with Crippen LogP contribution in [0.1, 0.15) is 26.7 Å². The normalized spacial score (nSPS) is 24.6. The minimum absolute atomic E-state index is 0.360. The SMILES string of the molecule is CCCNCC(C)CN1CCC(CO)C1. The maximum Gasteiger partial charge on any atom is 0.0471 e. The summed E-state index contributed by atoms with van der Waals surface area (Å²) in [6.45, 7) is 10.5. The quantitative estimate of drug-likeness (QED) is 0.619. The van der Waals surface area contributed by atoms with Crippen molar-refractivity contribution in [1.29, 1.82) is 0 Å². The fourth-order valence-corrected chi connectivity index (χ4v) is 2.26. The molecule has 1 saturated heterocycles. The Hall–Kier alpha value is -0.120. The minimum Gasteiger partial charge on any atom is -0.396 e. The molecule has 0 aromatic carbocycles. The molecule has 1 fully saturated rings. The molecule has 0 amide bonds. The first-order valence-electron chi connectivity index (χ1n) is 6.30. The van der Waals surface area contributed by atoms with E-state index < -0.39 is 0 Å². The molecule has 1 rings (SSSR count). The monoisotopic (exact) mass is 214 g/mol. The van der Waals surface area contributed by atoms with Crippen LogP contribution in [0, 0.1) is 11.8 Å². The van der Waals surface area contributed by atoms with Crippen molar-refractivity contribution in [2.45, 2.75) is 26.7 Å². The first-order valence-corrected chi connectivity index (χ1v) is 6.30. The molecule has 0 aliphatic carbocycles. The Labute approximate surface area is 93.9 Å². The number of nitrogens with one attached hydrogen (secondary N) is 1. The van der Waals surface area contributed by atoms with Crippen LogP contribution in [-0.4, -0.2) is 49.3 Å². The lowest BCUT2D eigenvalue weighted by molar-refractivity contribution is 0.214. The van der Waals surface area contributed by atoms with Gasteiger partial charge >= 0.3 is 0 Å². The van der Waals surface area contributed by atoms with E-state index in [0.29, 0.717) is 18.4 Å². The number of hydrogen-bond donors (Lipinski definition) is 2. The van der Waals surface area contributed by atoms with E-state index in [1.807, 2.05) is 0 Å². The third kappa shape index (κ3) is 4.96. The maximum atomic E-state index is 9.05. The first kappa shape index (κ1) is 12.9. The van der Waals surface area contributed by atoms with E-state index in [9.17, 15) is 0 Å². The molecule has 15 heavy (non-hydrogen) atoms. The van der Waals surface area contributed by atoms with Crippen LogP contribution in [0.5, 0.6) is 0 Å². The summed E-state index contributed by atoms with van der Waals surface area (Å²) in [6.07, 6.45) is 2.38. The molecule has 0 bridgehead atoms. The predicted molar refractivity (Wildman–Crippen MR) is 64.0 cm³/mol. The van der Waals surface area contributed by atoms with Crippen molar-refractivity contribution in [2.75, 3.05) is 39.3 Å². The standard InChI is InChI=1S/C12H26N2O/c1-3-5-13-7-11(2)8-14-6-4-12(9-14)10-15/h11-13,15H,3-10H2,1-2H3. The van der Waals surface area contributed by atoms with Crippen LogP contribution in [0.25, 0.3) is 0 Å². The highest BCUT2D eigenvalue weighted by molar-refractivity contribution is 4.76. The van der Waals surface area contributed by atoms with E-state index >= 15 is 0 Å². The van der Waals surface area contributed by atoms with Crippen molar-refractivity contribution in [2.24, 2.45) is 11.8 Å². The number of aliphatic hydroxyl groups excluding tert-OH is 1. The summed E-state index contributed by atoms with van der Waals surface area (Å²) < 4.78 is 0. The van der Waals surface area contributed by atoms with Gasteiger partial charge in [0, 0.05) is 19.7 Å². The molecule has 2 N–H and O–H groups in total. The van der Waals surface area contributed by atoms with E-state index in [0.717, 1.165) is 19.6 Å². The molecule has 3 nitrogen and oxygen atoms in total. The third-order valence-corrected chi connectivity index (χ3v) is 3.12. The molecule has 2 unspecified atom stereocenters. The van der Waals surface area contributed by atoms with E-state index in [1.54, 1.807) is 0 Å². The molecule has 0 saturated carbocycles. The van der Waals surface area contributed by atoms with Crippen molar-refractivity contribution in [3.8, 4) is 0 Å². The predicted octanol–water partition coefficient (Wildman–Crippen LogP) is 0.936. The molecule has 2 atom stereocenters. The number of nitrogens with zero attached hydrogens (tertiary/aromatic N) is 1. The zero-order chi connectivity index (χ0) is 11.1. The Morgan fingerprint density at radius 3 is 2.93 bits per heavy atom. The maximum absolute atomic E-state index is 9.05. The average molecular weight is 214 g/mol. The third-order valence-electron chi connectivity index (χ3n) is 3.12. The van der Waals surface area contributed by atoms with Crippen LogP contribution in [0.2, 0.25) is 0 Å². The Morgan fingerprint density at radius 1 is 1.53 bits per heavy atom. The van der Waals surface area contributed by atoms with Crippen LogP contribution in [0.4, 0.5) is 0 Å². The molecule has 0 radical (unpaired) electrons. The molecule has 0 aromatic heterocycles. The van der Waals surface area contributed by atoms with Crippen molar-refractivity contribution < 1.29 is 5.11 Å². The van der Waals surface area contributed by atoms with E-state index in [-0.39, 0.29) is 0 Å². The van der Waals surface area contributed by atoms with Crippen molar-refractivity contribution in [1.82, 2.24) is 10.2 Å². The molecular weight excluding hydrogens is 188 g/mol. The van der Waals surface area contributed by atoms with Gasteiger partial charge in [0.1, 0.15) is 0 Å². The molecule has 0 aromatic rings. The molecule has 3 heteroatoms. The van der Waals surface area contributed by atoms with Gasteiger partial charge in [-0.1, -0.05) is 13.8 Å². The van der Waals surface area contributed by atoms with Crippen LogP contribution in [-0.2, 0) is 0 Å². The average Bonchev–Trinajstić information content (AvgIpc) is 2.66. The van der Waals surface area contributed by atoms with Gasteiger partial charge < -0.3 is 15.3 Å². The smallest absolute Gasteiger partial charge is 0.0471 e. The summed E-state index contributed by atoms with van der Waals surface area (Å²) in [7, 11) is 0. The van der Waals surface area contributed by atoms with Gasteiger partial charge in [-0.05, 0) is 44.3 Å². The molecule has 90 valence electrons. The van der Waals surface area contributed by atoms with Gasteiger partial charge in [-0.25, -0.2) is 0 Å².